The molecule has 0 spiro atoms. The number of piperidine rings is 1. The third kappa shape index (κ3) is 2.18. The standard InChI is InChI=1S/C18H18N6/c1-4-19-5-2-11(1)15-8-13-17(10-21-15)23-24-18(13)16-7-12-9-20-6-3-14(12)22-16/h3,6-11,19,22H,1-2,4-5H2,(H,23,24). The normalized spacial score (nSPS) is 16.2. The average molecular weight is 318 g/mol. The lowest BCUT2D eigenvalue weighted by atomic mass is 9.93. The molecule has 1 fully saturated rings. The van der Waals surface area contributed by atoms with Crippen molar-refractivity contribution in [2.75, 3.05) is 13.1 Å². The molecule has 1 aliphatic rings. The number of hydrogen-bond donors (Lipinski definition) is 3. The van der Waals surface area contributed by atoms with Crippen LogP contribution in [-0.4, -0.2) is 38.2 Å². The van der Waals surface area contributed by atoms with Crippen molar-refractivity contribution in [1.29, 1.82) is 0 Å². The lowest BCUT2D eigenvalue weighted by molar-refractivity contribution is 0.453. The maximum atomic E-state index is 4.66. The van der Waals surface area contributed by atoms with Gasteiger partial charge in [0, 0.05) is 40.3 Å². The highest BCUT2D eigenvalue weighted by molar-refractivity contribution is 5.95. The van der Waals surface area contributed by atoms with E-state index in [9.17, 15) is 0 Å². The number of nitrogens with one attached hydrogen (secondary N) is 3. The van der Waals surface area contributed by atoms with Gasteiger partial charge in [0.1, 0.15) is 5.69 Å². The fraction of sp³-hybridized carbons (Fsp3) is 0.278. The lowest BCUT2D eigenvalue weighted by Crippen LogP contribution is -2.27. The highest BCUT2D eigenvalue weighted by atomic mass is 15.1. The lowest BCUT2D eigenvalue weighted by Gasteiger charge is -2.22. The van der Waals surface area contributed by atoms with Gasteiger partial charge in [-0.05, 0) is 44.1 Å². The Morgan fingerprint density at radius 3 is 2.83 bits per heavy atom. The first-order valence-corrected chi connectivity index (χ1v) is 8.36. The van der Waals surface area contributed by atoms with E-state index in [1.165, 1.54) is 5.69 Å². The molecule has 0 radical (unpaired) electrons. The summed E-state index contributed by atoms with van der Waals surface area (Å²) in [5.41, 5.74) is 5.16. The van der Waals surface area contributed by atoms with Crippen LogP contribution in [0.5, 0.6) is 0 Å². The molecule has 3 N–H and O–H groups in total. The fourth-order valence-corrected chi connectivity index (χ4v) is 3.58. The summed E-state index contributed by atoms with van der Waals surface area (Å²) < 4.78 is 0. The van der Waals surface area contributed by atoms with Crippen molar-refractivity contribution < 1.29 is 0 Å². The Bertz CT molecular complexity index is 976. The van der Waals surface area contributed by atoms with Crippen LogP contribution in [0, 0.1) is 0 Å². The Hall–Kier alpha value is -2.73. The largest absolute Gasteiger partial charge is 0.353 e. The van der Waals surface area contributed by atoms with Crippen molar-refractivity contribution in [1.82, 2.24) is 30.5 Å². The highest BCUT2D eigenvalue weighted by Gasteiger charge is 2.19. The summed E-state index contributed by atoms with van der Waals surface area (Å²) in [5, 5.41) is 13.2. The topological polar surface area (TPSA) is 82.3 Å². The number of pyridine rings is 2. The molecule has 4 aromatic rings. The van der Waals surface area contributed by atoms with Gasteiger partial charge in [0.15, 0.2) is 0 Å². The van der Waals surface area contributed by atoms with E-state index in [1.807, 2.05) is 18.5 Å². The van der Waals surface area contributed by atoms with E-state index >= 15 is 0 Å². The molecule has 0 bridgehead atoms. The maximum absolute atomic E-state index is 4.66. The molecule has 0 atom stereocenters. The van der Waals surface area contributed by atoms with E-state index in [4.69, 9.17) is 0 Å². The van der Waals surface area contributed by atoms with Crippen LogP contribution in [0.15, 0.2) is 36.8 Å². The summed E-state index contributed by atoms with van der Waals surface area (Å²) in [6, 6.07) is 6.28. The zero-order valence-corrected chi connectivity index (χ0v) is 13.2. The molecule has 0 amide bonds. The van der Waals surface area contributed by atoms with Gasteiger partial charge in [-0.3, -0.25) is 15.1 Å². The predicted octanol–water partition coefficient (Wildman–Crippen LogP) is 2.97. The molecule has 0 saturated carbocycles. The second-order valence-corrected chi connectivity index (χ2v) is 6.40. The van der Waals surface area contributed by atoms with Crippen LogP contribution in [0.25, 0.3) is 33.2 Å². The van der Waals surface area contributed by atoms with Crippen molar-refractivity contribution >= 4 is 21.8 Å². The Morgan fingerprint density at radius 2 is 1.96 bits per heavy atom. The summed E-state index contributed by atoms with van der Waals surface area (Å²) >= 11 is 0. The van der Waals surface area contributed by atoms with Gasteiger partial charge >= 0.3 is 0 Å². The molecule has 6 heteroatoms. The van der Waals surface area contributed by atoms with Crippen LogP contribution in [0.2, 0.25) is 0 Å². The fourth-order valence-electron chi connectivity index (χ4n) is 3.58. The van der Waals surface area contributed by atoms with Crippen LogP contribution in [0.3, 0.4) is 0 Å². The van der Waals surface area contributed by atoms with E-state index in [-0.39, 0.29) is 0 Å². The monoisotopic (exact) mass is 318 g/mol. The zero-order valence-electron chi connectivity index (χ0n) is 13.2. The molecule has 0 aromatic carbocycles. The number of aromatic nitrogens is 5. The van der Waals surface area contributed by atoms with Gasteiger partial charge in [0.05, 0.1) is 17.4 Å². The summed E-state index contributed by atoms with van der Waals surface area (Å²) in [6.07, 6.45) is 7.86. The van der Waals surface area contributed by atoms with E-state index < -0.39 is 0 Å². The maximum Gasteiger partial charge on any atom is 0.116 e. The highest BCUT2D eigenvalue weighted by Crippen LogP contribution is 2.31. The number of rotatable bonds is 2. The van der Waals surface area contributed by atoms with Crippen LogP contribution in [0.1, 0.15) is 24.5 Å². The molecule has 5 rings (SSSR count). The Labute approximate surface area is 138 Å². The van der Waals surface area contributed by atoms with Gasteiger partial charge < -0.3 is 10.3 Å². The molecule has 6 nitrogen and oxygen atoms in total. The first-order valence-electron chi connectivity index (χ1n) is 8.36. The van der Waals surface area contributed by atoms with Gasteiger partial charge in [0.25, 0.3) is 0 Å². The van der Waals surface area contributed by atoms with Crippen molar-refractivity contribution in [3.8, 4) is 11.4 Å². The second-order valence-electron chi connectivity index (χ2n) is 6.40. The van der Waals surface area contributed by atoms with Gasteiger partial charge in [0.2, 0.25) is 0 Å². The molecule has 5 heterocycles. The molecule has 1 saturated heterocycles. The second kappa shape index (κ2) is 5.42. The van der Waals surface area contributed by atoms with Gasteiger partial charge in [-0.25, -0.2) is 0 Å². The van der Waals surface area contributed by atoms with Crippen LogP contribution in [-0.2, 0) is 0 Å². The van der Waals surface area contributed by atoms with Crippen molar-refractivity contribution in [3.05, 3.63) is 42.5 Å². The number of nitrogens with zero attached hydrogens (tertiary/aromatic N) is 3. The minimum absolute atomic E-state index is 0.533. The predicted molar refractivity (Wildman–Crippen MR) is 93.8 cm³/mol. The van der Waals surface area contributed by atoms with Crippen LogP contribution < -0.4 is 5.32 Å². The third-order valence-corrected chi connectivity index (χ3v) is 4.90. The molecular weight excluding hydrogens is 300 g/mol. The number of hydrogen-bond acceptors (Lipinski definition) is 4. The molecular formula is C18H18N6. The van der Waals surface area contributed by atoms with Crippen molar-refractivity contribution in [2.24, 2.45) is 0 Å². The Kier molecular flexibility index (Phi) is 3.09. The van der Waals surface area contributed by atoms with E-state index in [0.717, 1.165) is 59.1 Å². The molecule has 24 heavy (non-hydrogen) atoms. The molecule has 1 aliphatic heterocycles. The minimum atomic E-state index is 0.533. The molecule has 0 unspecified atom stereocenters. The summed E-state index contributed by atoms with van der Waals surface area (Å²) in [7, 11) is 0. The molecule has 120 valence electrons. The number of H-pyrrole nitrogens is 2. The van der Waals surface area contributed by atoms with E-state index in [2.05, 4.69) is 42.6 Å². The molecule has 0 aliphatic carbocycles. The number of fused-ring (bicyclic) bond motifs is 2. The van der Waals surface area contributed by atoms with E-state index in [1.54, 1.807) is 6.20 Å². The van der Waals surface area contributed by atoms with Gasteiger partial charge in [-0.1, -0.05) is 0 Å². The van der Waals surface area contributed by atoms with Crippen LogP contribution >= 0.6 is 0 Å². The number of aromatic amines is 2. The minimum Gasteiger partial charge on any atom is -0.353 e. The van der Waals surface area contributed by atoms with Crippen molar-refractivity contribution in [2.45, 2.75) is 18.8 Å². The quantitative estimate of drug-likeness (QED) is 0.531. The zero-order chi connectivity index (χ0) is 15.9. The van der Waals surface area contributed by atoms with Gasteiger partial charge in [-0.2, -0.15) is 5.10 Å². The average Bonchev–Trinajstić information content (AvgIpc) is 3.25. The van der Waals surface area contributed by atoms with Gasteiger partial charge in [-0.15, -0.1) is 0 Å². The smallest absolute Gasteiger partial charge is 0.116 e. The molecule has 4 aromatic heterocycles. The summed E-state index contributed by atoms with van der Waals surface area (Å²) in [5.74, 6) is 0.533. The summed E-state index contributed by atoms with van der Waals surface area (Å²) in [6.45, 7) is 2.13. The first-order chi connectivity index (χ1) is 11.9. The summed E-state index contributed by atoms with van der Waals surface area (Å²) in [4.78, 5) is 12.3. The van der Waals surface area contributed by atoms with E-state index in [0.29, 0.717) is 5.92 Å². The SMILES string of the molecule is c1cc2[nH]c(-c3n[nH]c4cnc(C5CCNCC5)cc34)cc2cn1. The third-order valence-electron chi connectivity index (χ3n) is 4.90. The van der Waals surface area contributed by atoms with Crippen LogP contribution in [0.4, 0.5) is 0 Å². The first kappa shape index (κ1) is 13.7. The Balaban J connectivity index is 1.62. The van der Waals surface area contributed by atoms with Crippen molar-refractivity contribution in [3.63, 3.8) is 0 Å². The Morgan fingerprint density at radius 1 is 1.04 bits per heavy atom.